The first-order valence-corrected chi connectivity index (χ1v) is 8.28. The van der Waals surface area contributed by atoms with Gasteiger partial charge in [0.05, 0.1) is 11.1 Å². The number of nitrogens with zero attached hydrogens (tertiary/aromatic N) is 3. The molecule has 4 rings (SSSR count). The number of rotatable bonds is 4. The van der Waals surface area contributed by atoms with E-state index < -0.39 is 17.3 Å². The Labute approximate surface area is 164 Å². The van der Waals surface area contributed by atoms with Crippen LogP contribution >= 0.6 is 12.4 Å². The lowest BCUT2D eigenvalue weighted by molar-refractivity contribution is -0.137. The van der Waals surface area contributed by atoms with Gasteiger partial charge in [-0.25, -0.2) is 4.98 Å². The predicted octanol–water partition coefficient (Wildman–Crippen LogP) is 4.70. The third-order valence-corrected chi connectivity index (χ3v) is 4.50. The van der Waals surface area contributed by atoms with Gasteiger partial charge in [0.15, 0.2) is 5.82 Å². The third kappa shape index (κ3) is 3.95. The SMILES string of the molecule is Cl.NC1(c2noc(-c3ccc(Oc4ccc(C(F)(F)F)cn4)cc3)n2)CCC1. The molecule has 3 aromatic rings. The summed E-state index contributed by atoms with van der Waals surface area (Å²) in [6.45, 7) is 0. The summed E-state index contributed by atoms with van der Waals surface area (Å²) in [5.41, 5.74) is 5.53. The Balaban J connectivity index is 0.00000225. The molecule has 6 nitrogen and oxygen atoms in total. The Morgan fingerprint density at radius 3 is 2.32 bits per heavy atom. The lowest BCUT2D eigenvalue weighted by Gasteiger charge is -2.34. The number of benzene rings is 1. The molecule has 0 radical (unpaired) electrons. The Bertz CT molecular complexity index is 939. The van der Waals surface area contributed by atoms with Crippen molar-refractivity contribution in [3.63, 3.8) is 0 Å². The molecule has 28 heavy (non-hydrogen) atoms. The molecular weight excluding hydrogens is 397 g/mol. The molecule has 2 aromatic heterocycles. The van der Waals surface area contributed by atoms with Crippen molar-refractivity contribution in [2.45, 2.75) is 31.0 Å². The predicted molar refractivity (Wildman–Crippen MR) is 96.0 cm³/mol. The molecule has 2 heterocycles. The lowest BCUT2D eigenvalue weighted by atomic mass is 9.77. The summed E-state index contributed by atoms with van der Waals surface area (Å²) in [5.74, 6) is 1.32. The van der Waals surface area contributed by atoms with Crippen molar-refractivity contribution in [1.82, 2.24) is 15.1 Å². The largest absolute Gasteiger partial charge is 0.439 e. The molecule has 0 saturated heterocycles. The van der Waals surface area contributed by atoms with Crippen molar-refractivity contribution in [3.05, 3.63) is 54.0 Å². The summed E-state index contributed by atoms with van der Waals surface area (Å²) < 4.78 is 48.4. The fraction of sp³-hybridized carbons (Fsp3) is 0.278. The quantitative estimate of drug-likeness (QED) is 0.668. The van der Waals surface area contributed by atoms with Crippen LogP contribution in [0.1, 0.15) is 30.7 Å². The van der Waals surface area contributed by atoms with E-state index in [-0.39, 0.29) is 18.3 Å². The number of alkyl halides is 3. The maximum atomic E-state index is 12.5. The molecule has 10 heteroatoms. The number of pyridine rings is 1. The number of ether oxygens (including phenoxy) is 1. The van der Waals surface area contributed by atoms with E-state index in [2.05, 4.69) is 15.1 Å². The van der Waals surface area contributed by atoms with Gasteiger partial charge in [0.2, 0.25) is 5.88 Å². The highest BCUT2D eigenvalue weighted by Crippen LogP contribution is 2.38. The molecule has 0 unspecified atom stereocenters. The van der Waals surface area contributed by atoms with Crippen LogP contribution in [0.15, 0.2) is 47.1 Å². The smallest absolute Gasteiger partial charge is 0.417 e. The Kier molecular flexibility index (Phi) is 5.31. The average molecular weight is 413 g/mol. The highest BCUT2D eigenvalue weighted by atomic mass is 35.5. The monoisotopic (exact) mass is 412 g/mol. The van der Waals surface area contributed by atoms with Gasteiger partial charge in [-0.2, -0.15) is 18.2 Å². The van der Waals surface area contributed by atoms with Gasteiger partial charge in [0.25, 0.3) is 5.89 Å². The van der Waals surface area contributed by atoms with E-state index >= 15 is 0 Å². The minimum absolute atomic E-state index is 0. The first-order valence-electron chi connectivity index (χ1n) is 8.28. The summed E-state index contributed by atoms with van der Waals surface area (Å²) >= 11 is 0. The number of hydrogen-bond donors (Lipinski definition) is 1. The van der Waals surface area contributed by atoms with Crippen LogP contribution in [0.5, 0.6) is 11.6 Å². The maximum absolute atomic E-state index is 12.5. The van der Waals surface area contributed by atoms with Gasteiger partial charge < -0.3 is 15.0 Å². The molecule has 1 saturated carbocycles. The van der Waals surface area contributed by atoms with Crippen LogP contribution in [0, 0.1) is 0 Å². The minimum atomic E-state index is -4.43. The summed E-state index contributed by atoms with van der Waals surface area (Å²) in [5, 5.41) is 3.96. The number of halogens is 4. The number of aromatic nitrogens is 3. The van der Waals surface area contributed by atoms with Crippen LogP contribution in [-0.4, -0.2) is 15.1 Å². The Morgan fingerprint density at radius 2 is 1.79 bits per heavy atom. The molecule has 0 atom stereocenters. The van der Waals surface area contributed by atoms with Gasteiger partial charge in [-0.1, -0.05) is 5.16 Å². The van der Waals surface area contributed by atoms with Crippen molar-refractivity contribution in [1.29, 1.82) is 0 Å². The summed E-state index contributed by atoms with van der Waals surface area (Å²) in [4.78, 5) is 8.03. The molecule has 1 aliphatic carbocycles. The van der Waals surface area contributed by atoms with E-state index in [1.54, 1.807) is 24.3 Å². The molecule has 1 fully saturated rings. The minimum Gasteiger partial charge on any atom is -0.439 e. The molecule has 0 spiro atoms. The second-order valence-corrected chi connectivity index (χ2v) is 6.44. The van der Waals surface area contributed by atoms with Gasteiger partial charge in [0.1, 0.15) is 5.75 Å². The average Bonchev–Trinajstić information content (AvgIpc) is 3.10. The summed E-state index contributed by atoms with van der Waals surface area (Å²) in [7, 11) is 0. The fourth-order valence-electron chi connectivity index (χ4n) is 2.72. The molecular formula is C18H16ClF3N4O2. The van der Waals surface area contributed by atoms with Gasteiger partial charge in [-0.15, -0.1) is 12.4 Å². The number of nitrogens with two attached hydrogens (primary N) is 1. The van der Waals surface area contributed by atoms with Crippen LogP contribution in [-0.2, 0) is 11.7 Å². The Hall–Kier alpha value is -2.65. The molecule has 0 amide bonds. The van der Waals surface area contributed by atoms with Crippen molar-refractivity contribution in [2.75, 3.05) is 0 Å². The molecule has 148 valence electrons. The number of hydrogen-bond acceptors (Lipinski definition) is 6. The van der Waals surface area contributed by atoms with E-state index in [1.165, 1.54) is 6.07 Å². The van der Waals surface area contributed by atoms with Crippen LogP contribution in [0.25, 0.3) is 11.5 Å². The van der Waals surface area contributed by atoms with Crippen LogP contribution < -0.4 is 10.5 Å². The van der Waals surface area contributed by atoms with E-state index in [0.717, 1.165) is 31.5 Å². The highest BCUT2D eigenvalue weighted by molar-refractivity contribution is 5.85. The molecule has 1 aliphatic rings. The van der Waals surface area contributed by atoms with Crippen molar-refractivity contribution < 1.29 is 22.4 Å². The van der Waals surface area contributed by atoms with Gasteiger partial charge in [-0.3, -0.25) is 0 Å². The van der Waals surface area contributed by atoms with Crippen LogP contribution in [0.4, 0.5) is 13.2 Å². The zero-order chi connectivity index (χ0) is 19.1. The molecule has 0 bridgehead atoms. The molecule has 2 N–H and O–H groups in total. The standard InChI is InChI=1S/C18H15F3N4O2.ClH/c19-18(20,21)12-4-7-14(23-10-12)26-13-5-2-11(3-6-13)15-24-16(25-27-15)17(22)8-1-9-17;/h2-7,10H,1,8-9,22H2;1H. The zero-order valence-corrected chi connectivity index (χ0v) is 15.3. The fourth-order valence-corrected chi connectivity index (χ4v) is 2.72. The van der Waals surface area contributed by atoms with Crippen LogP contribution in [0.2, 0.25) is 0 Å². The third-order valence-electron chi connectivity index (χ3n) is 4.50. The normalized spacial score (nSPS) is 15.4. The second-order valence-electron chi connectivity index (χ2n) is 6.44. The van der Waals surface area contributed by atoms with E-state index in [1.807, 2.05) is 0 Å². The van der Waals surface area contributed by atoms with Gasteiger partial charge >= 0.3 is 6.18 Å². The maximum Gasteiger partial charge on any atom is 0.417 e. The lowest BCUT2D eigenvalue weighted by Crippen LogP contribution is -2.44. The first-order chi connectivity index (χ1) is 12.8. The van der Waals surface area contributed by atoms with E-state index in [4.69, 9.17) is 15.0 Å². The second kappa shape index (κ2) is 7.40. The summed E-state index contributed by atoms with van der Waals surface area (Å²) in [6.07, 6.45) is -0.993. The Morgan fingerprint density at radius 1 is 1.07 bits per heavy atom. The first kappa shape index (κ1) is 20.1. The molecule has 0 aliphatic heterocycles. The topological polar surface area (TPSA) is 87.1 Å². The van der Waals surface area contributed by atoms with E-state index in [9.17, 15) is 13.2 Å². The zero-order valence-electron chi connectivity index (χ0n) is 14.4. The van der Waals surface area contributed by atoms with Gasteiger partial charge in [0, 0.05) is 17.8 Å². The van der Waals surface area contributed by atoms with E-state index in [0.29, 0.717) is 23.0 Å². The van der Waals surface area contributed by atoms with Crippen LogP contribution in [0.3, 0.4) is 0 Å². The summed E-state index contributed by atoms with van der Waals surface area (Å²) in [6, 6.07) is 8.78. The van der Waals surface area contributed by atoms with Crippen molar-refractivity contribution >= 4 is 12.4 Å². The van der Waals surface area contributed by atoms with Crippen molar-refractivity contribution in [2.24, 2.45) is 5.73 Å². The molecule has 1 aromatic carbocycles. The van der Waals surface area contributed by atoms with Crippen molar-refractivity contribution in [3.8, 4) is 23.1 Å². The highest BCUT2D eigenvalue weighted by Gasteiger charge is 2.39. The van der Waals surface area contributed by atoms with Gasteiger partial charge in [-0.05, 0) is 49.6 Å².